The van der Waals surface area contributed by atoms with Gasteiger partial charge in [-0.25, -0.2) is 8.42 Å². The molecule has 0 saturated carbocycles. The van der Waals surface area contributed by atoms with Gasteiger partial charge in [0.05, 0.1) is 11.5 Å². The van der Waals surface area contributed by atoms with E-state index in [1.807, 2.05) is 29.1 Å². The molecule has 1 N–H and O–H groups in total. The molecule has 112 valence electrons. The first-order valence-electron chi connectivity index (χ1n) is 7.00. The van der Waals surface area contributed by atoms with Crippen molar-refractivity contribution in [2.75, 3.05) is 11.5 Å². The molecule has 1 aromatic rings. The third kappa shape index (κ3) is 3.85. The van der Waals surface area contributed by atoms with Gasteiger partial charge in [0.15, 0.2) is 9.84 Å². The van der Waals surface area contributed by atoms with Gasteiger partial charge in [0, 0.05) is 18.4 Å². The van der Waals surface area contributed by atoms with Crippen molar-refractivity contribution in [2.24, 2.45) is 5.92 Å². The highest BCUT2D eigenvalue weighted by molar-refractivity contribution is 7.91. The Morgan fingerprint density at radius 3 is 2.50 bits per heavy atom. The van der Waals surface area contributed by atoms with Gasteiger partial charge in [-0.2, -0.15) is 0 Å². The number of aromatic nitrogens is 1. The van der Waals surface area contributed by atoms with Crippen LogP contribution < -0.4 is 5.32 Å². The molecular weight excluding hydrogens is 276 g/mol. The highest BCUT2D eigenvalue weighted by Crippen LogP contribution is 2.19. The van der Waals surface area contributed by atoms with E-state index in [0.29, 0.717) is 12.3 Å². The maximum Gasteiger partial charge on any atom is 0.243 e. The van der Waals surface area contributed by atoms with Gasteiger partial charge in [0.25, 0.3) is 0 Å². The highest BCUT2D eigenvalue weighted by Gasteiger charge is 2.31. The van der Waals surface area contributed by atoms with Crippen LogP contribution in [-0.2, 0) is 14.6 Å². The molecule has 1 amide bonds. The van der Waals surface area contributed by atoms with Gasteiger partial charge < -0.3 is 9.88 Å². The lowest BCUT2D eigenvalue weighted by Crippen LogP contribution is -2.40. The lowest BCUT2D eigenvalue weighted by atomic mass is 10.0. The number of nitrogens with one attached hydrogen (secondary N) is 1. The largest absolute Gasteiger partial charge is 0.351 e. The fraction of sp³-hybridized carbons (Fsp3) is 0.643. The van der Waals surface area contributed by atoms with Crippen LogP contribution in [0.4, 0.5) is 0 Å². The van der Waals surface area contributed by atoms with Crippen LogP contribution in [-0.4, -0.2) is 36.4 Å². The van der Waals surface area contributed by atoms with Crippen molar-refractivity contribution >= 4 is 15.7 Å². The molecule has 2 atom stereocenters. The molecule has 2 heterocycles. The smallest absolute Gasteiger partial charge is 0.243 e. The van der Waals surface area contributed by atoms with E-state index in [1.54, 1.807) is 0 Å². The van der Waals surface area contributed by atoms with E-state index in [1.165, 1.54) is 0 Å². The van der Waals surface area contributed by atoms with Crippen LogP contribution in [0.1, 0.15) is 32.7 Å². The molecule has 0 bridgehead atoms. The van der Waals surface area contributed by atoms with E-state index >= 15 is 0 Å². The molecular formula is C14H22N2O3S. The normalized spacial score (nSPS) is 22.9. The predicted molar refractivity (Wildman–Crippen MR) is 78.1 cm³/mol. The molecule has 1 aliphatic rings. The summed E-state index contributed by atoms with van der Waals surface area (Å²) in [5.74, 6) is 0.548. The summed E-state index contributed by atoms with van der Waals surface area (Å²) in [4.78, 5) is 12.4. The Hall–Kier alpha value is -1.30. The zero-order valence-electron chi connectivity index (χ0n) is 12.0. The molecule has 0 aliphatic carbocycles. The van der Waals surface area contributed by atoms with E-state index in [2.05, 4.69) is 19.2 Å². The number of carbonyl (C=O) groups is 1. The summed E-state index contributed by atoms with van der Waals surface area (Å²) in [5, 5.41) is 2.89. The van der Waals surface area contributed by atoms with Gasteiger partial charge in [0.2, 0.25) is 5.91 Å². The molecule has 1 aromatic heterocycles. The van der Waals surface area contributed by atoms with E-state index in [4.69, 9.17) is 0 Å². The fourth-order valence-electron chi connectivity index (χ4n) is 2.57. The zero-order chi connectivity index (χ0) is 14.8. The third-order valence-corrected chi connectivity index (χ3v) is 5.33. The van der Waals surface area contributed by atoms with Gasteiger partial charge >= 0.3 is 0 Å². The minimum atomic E-state index is -2.97. The van der Waals surface area contributed by atoms with Gasteiger partial charge in [-0.1, -0.05) is 13.8 Å². The maximum absolute atomic E-state index is 12.4. The van der Waals surface area contributed by atoms with Crippen molar-refractivity contribution in [1.82, 2.24) is 9.88 Å². The number of hydrogen-bond donors (Lipinski definition) is 1. The Kier molecular flexibility index (Phi) is 4.52. The number of sulfone groups is 1. The van der Waals surface area contributed by atoms with Crippen LogP contribution >= 0.6 is 0 Å². The molecule has 0 aromatic carbocycles. The Labute approximate surface area is 120 Å². The van der Waals surface area contributed by atoms with E-state index < -0.39 is 9.84 Å². The van der Waals surface area contributed by atoms with Crippen molar-refractivity contribution in [3.8, 4) is 0 Å². The molecule has 1 saturated heterocycles. The number of hydrogen-bond acceptors (Lipinski definition) is 3. The lowest BCUT2D eigenvalue weighted by Gasteiger charge is -2.22. The molecule has 6 heteroatoms. The van der Waals surface area contributed by atoms with Crippen molar-refractivity contribution in [3.63, 3.8) is 0 Å². The fourth-order valence-corrected chi connectivity index (χ4v) is 4.25. The Balaban J connectivity index is 2.04. The second-order valence-corrected chi connectivity index (χ2v) is 8.11. The van der Waals surface area contributed by atoms with Crippen molar-refractivity contribution in [3.05, 3.63) is 24.5 Å². The van der Waals surface area contributed by atoms with Crippen LogP contribution in [0.3, 0.4) is 0 Å². The van der Waals surface area contributed by atoms with E-state index in [0.717, 1.165) is 6.42 Å². The number of amides is 1. The SMILES string of the molecule is CC(C)C[C@H](C(=O)NC1CCS(=O)(=O)C1)n1cccc1. The Bertz CT molecular complexity index is 549. The second-order valence-electron chi connectivity index (χ2n) is 5.88. The van der Waals surface area contributed by atoms with Gasteiger partial charge in [0.1, 0.15) is 6.04 Å². The van der Waals surface area contributed by atoms with Crippen LogP contribution in [0, 0.1) is 5.92 Å². The van der Waals surface area contributed by atoms with E-state index in [-0.39, 0.29) is 29.5 Å². The molecule has 1 unspecified atom stereocenters. The minimum absolute atomic E-state index is 0.0683. The first-order valence-corrected chi connectivity index (χ1v) is 8.83. The van der Waals surface area contributed by atoms with Crippen LogP contribution in [0.25, 0.3) is 0 Å². The first kappa shape index (κ1) is 15.1. The quantitative estimate of drug-likeness (QED) is 0.893. The first-order chi connectivity index (χ1) is 9.37. The topological polar surface area (TPSA) is 68.2 Å². The average Bonchev–Trinajstić information content (AvgIpc) is 2.95. The summed E-state index contributed by atoms with van der Waals surface area (Å²) >= 11 is 0. The van der Waals surface area contributed by atoms with Crippen LogP contribution in [0.2, 0.25) is 0 Å². The molecule has 5 nitrogen and oxygen atoms in total. The molecule has 20 heavy (non-hydrogen) atoms. The zero-order valence-corrected chi connectivity index (χ0v) is 12.8. The number of rotatable bonds is 5. The Morgan fingerprint density at radius 2 is 2.00 bits per heavy atom. The van der Waals surface area contributed by atoms with Crippen molar-refractivity contribution in [1.29, 1.82) is 0 Å². The lowest BCUT2D eigenvalue weighted by molar-refractivity contribution is -0.125. The molecule has 0 radical (unpaired) electrons. The summed E-state index contributed by atoms with van der Waals surface area (Å²) in [7, 11) is -2.97. The van der Waals surface area contributed by atoms with Gasteiger partial charge in [-0.15, -0.1) is 0 Å². The number of carbonyl (C=O) groups excluding carboxylic acids is 1. The number of nitrogens with zero attached hydrogens (tertiary/aromatic N) is 1. The minimum Gasteiger partial charge on any atom is -0.351 e. The standard InChI is InChI=1S/C14H22N2O3S/c1-11(2)9-13(16-6-3-4-7-16)14(17)15-12-5-8-20(18,19)10-12/h3-4,6-7,11-13H,5,8-10H2,1-2H3,(H,15,17)/t12?,13-/m1/s1. The average molecular weight is 298 g/mol. The predicted octanol–water partition coefficient (Wildman–Crippen LogP) is 1.38. The van der Waals surface area contributed by atoms with E-state index in [9.17, 15) is 13.2 Å². The summed E-state index contributed by atoms with van der Waals surface area (Å²) in [6.07, 6.45) is 5.00. The highest BCUT2D eigenvalue weighted by atomic mass is 32.2. The molecule has 0 spiro atoms. The molecule has 2 rings (SSSR count). The second kappa shape index (κ2) is 5.99. The monoisotopic (exact) mass is 298 g/mol. The van der Waals surface area contributed by atoms with Crippen molar-refractivity contribution < 1.29 is 13.2 Å². The third-order valence-electron chi connectivity index (χ3n) is 3.56. The summed E-state index contributed by atoms with van der Waals surface area (Å²) < 4.78 is 24.8. The maximum atomic E-state index is 12.4. The van der Waals surface area contributed by atoms with Crippen LogP contribution in [0.5, 0.6) is 0 Å². The summed E-state index contributed by atoms with van der Waals surface area (Å²) in [6, 6.07) is 3.27. The van der Waals surface area contributed by atoms with Gasteiger partial charge in [-0.05, 0) is 30.9 Å². The van der Waals surface area contributed by atoms with Crippen molar-refractivity contribution in [2.45, 2.75) is 38.8 Å². The van der Waals surface area contributed by atoms with Gasteiger partial charge in [-0.3, -0.25) is 4.79 Å². The Morgan fingerprint density at radius 1 is 1.35 bits per heavy atom. The van der Waals surface area contributed by atoms with Crippen LogP contribution in [0.15, 0.2) is 24.5 Å². The molecule has 1 fully saturated rings. The molecule has 1 aliphatic heterocycles. The summed E-state index contributed by atoms with van der Waals surface area (Å²) in [6.45, 7) is 4.15. The summed E-state index contributed by atoms with van der Waals surface area (Å²) in [5.41, 5.74) is 0.